The molecule has 0 amide bonds. The van der Waals surface area contributed by atoms with E-state index in [1.54, 1.807) is 13.3 Å². The molecule has 0 aliphatic rings. The van der Waals surface area contributed by atoms with Crippen molar-refractivity contribution in [2.75, 3.05) is 7.11 Å². The number of aromatic nitrogens is 1. The Labute approximate surface area is 136 Å². The monoisotopic (exact) mass is 398 g/mol. The lowest BCUT2D eigenvalue weighted by molar-refractivity contribution is 0.184. The highest BCUT2D eigenvalue weighted by molar-refractivity contribution is 9.11. The van der Waals surface area contributed by atoms with Gasteiger partial charge in [-0.05, 0) is 49.1 Å². The molecule has 0 bridgehead atoms. The first-order chi connectivity index (χ1) is 9.70. The Morgan fingerprint density at radius 1 is 1.15 bits per heavy atom. The standard InChI is InChI=1S/C15H16Br2N2O/c1-20-10-12-5-3-2-4-11(12)7-18-9-15-14(17)6-13(16)8-19-15/h2-6,8,18H,7,9-10H2,1H3. The number of nitrogens with zero attached hydrogens (tertiary/aromatic N) is 1. The molecule has 0 aliphatic carbocycles. The molecule has 1 aromatic carbocycles. The minimum atomic E-state index is 0.637. The molecular formula is C15H16Br2N2O. The number of pyridine rings is 1. The van der Waals surface area contributed by atoms with Crippen LogP contribution >= 0.6 is 31.9 Å². The molecule has 0 fully saturated rings. The van der Waals surface area contributed by atoms with Crippen molar-refractivity contribution in [3.8, 4) is 0 Å². The molecule has 1 aromatic heterocycles. The minimum absolute atomic E-state index is 0.637. The average Bonchev–Trinajstić information content (AvgIpc) is 2.43. The van der Waals surface area contributed by atoms with Gasteiger partial charge in [0.15, 0.2) is 0 Å². The smallest absolute Gasteiger partial charge is 0.0716 e. The summed E-state index contributed by atoms with van der Waals surface area (Å²) in [6.45, 7) is 2.15. The van der Waals surface area contributed by atoms with E-state index in [-0.39, 0.29) is 0 Å². The number of benzene rings is 1. The maximum absolute atomic E-state index is 5.21. The molecule has 0 aliphatic heterocycles. The number of methoxy groups -OCH3 is 1. The molecule has 106 valence electrons. The first-order valence-electron chi connectivity index (χ1n) is 6.27. The molecule has 5 heteroatoms. The Hall–Kier alpha value is -0.750. The second-order valence-electron chi connectivity index (χ2n) is 4.39. The lowest BCUT2D eigenvalue weighted by atomic mass is 10.1. The van der Waals surface area contributed by atoms with E-state index in [0.29, 0.717) is 6.61 Å². The fourth-order valence-corrected chi connectivity index (χ4v) is 3.04. The molecular weight excluding hydrogens is 384 g/mol. The third kappa shape index (κ3) is 4.38. The van der Waals surface area contributed by atoms with Gasteiger partial charge in [0.2, 0.25) is 0 Å². The van der Waals surface area contributed by atoms with Gasteiger partial charge in [-0.15, -0.1) is 0 Å². The lowest BCUT2D eigenvalue weighted by Crippen LogP contribution is -2.15. The van der Waals surface area contributed by atoms with Gasteiger partial charge in [-0.25, -0.2) is 0 Å². The van der Waals surface area contributed by atoms with Gasteiger partial charge < -0.3 is 10.1 Å². The van der Waals surface area contributed by atoms with Gasteiger partial charge in [-0.2, -0.15) is 0 Å². The maximum atomic E-state index is 5.21. The van der Waals surface area contributed by atoms with E-state index in [2.05, 4.69) is 54.3 Å². The van der Waals surface area contributed by atoms with E-state index in [1.165, 1.54) is 11.1 Å². The van der Waals surface area contributed by atoms with E-state index >= 15 is 0 Å². The van der Waals surface area contributed by atoms with Crippen molar-refractivity contribution in [1.82, 2.24) is 10.3 Å². The van der Waals surface area contributed by atoms with Crippen LogP contribution in [-0.4, -0.2) is 12.1 Å². The van der Waals surface area contributed by atoms with E-state index in [4.69, 9.17) is 4.74 Å². The number of ether oxygens (including phenoxy) is 1. The summed E-state index contributed by atoms with van der Waals surface area (Å²) in [5.74, 6) is 0. The number of nitrogens with one attached hydrogen (secondary N) is 1. The number of hydrogen-bond acceptors (Lipinski definition) is 3. The zero-order chi connectivity index (χ0) is 14.4. The summed E-state index contributed by atoms with van der Waals surface area (Å²) in [6, 6.07) is 10.3. The fraction of sp³-hybridized carbons (Fsp3) is 0.267. The first-order valence-corrected chi connectivity index (χ1v) is 7.85. The normalized spacial score (nSPS) is 10.8. The van der Waals surface area contributed by atoms with Crippen LogP contribution in [0.1, 0.15) is 16.8 Å². The Morgan fingerprint density at radius 3 is 2.60 bits per heavy atom. The van der Waals surface area contributed by atoms with Crippen molar-refractivity contribution in [3.05, 3.63) is 62.3 Å². The summed E-state index contributed by atoms with van der Waals surface area (Å²) in [7, 11) is 1.72. The molecule has 1 N–H and O–H groups in total. The van der Waals surface area contributed by atoms with Crippen LogP contribution in [0.4, 0.5) is 0 Å². The SMILES string of the molecule is COCc1ccccc1CNCc1ncc(Br)cc1Br. The Morgan fingerprint density at radius 2 is 1.90 bits per heavy atom. The Balaban J connectivity index is 1.96. The highest BCUT2D eigenvalue weighted by atomic mass is 79.9. The molecule has 0 radical (unpaired) electrons. The maximum Gasteiger partial charge on any atom is 0.0716 e. The van der Waals surface area contributed by atoms with Crippen LogP contribution in [0.15, 0.2) is 45.5 Å². The third-order valence-corrected chi connectivity index (χ3v) is 4.03. The molecule has 1 heterocycles. The second-order valence-corrected chi connectivity index (χ2v) is 6.16. The van der Waals surface area contributed by atoms with Gasteiger partial charge in [0.1, 0.15) is 0 Å². The zero-order valence-electron chi connectivity index (χ0n) is 11.2. The van der Waals surface area contributed by atoms with Crippen LogP contribution in [0.2, 0.25) is 0 Å². The quantitative estimate of drug-likeness (QED) is 0.795. The lowest BCUT2D eigenvalue weighted by Gasteiger charge is -2.10. The van der Waals surface area contributed by atoms with Crippen molar-refractivity contribution in [2.24, 2.45) is 0 Å². The van der Waals surface area contributed by atoms with Crippen LogP contribution in [0, 0.1) is 0 Å². The van der Waals surface area contributed by atoms with Gasteiger partial charge in [-0.1, -0.05) is 24.3 Å². The molecule has 0 saturated carbocycles. The van der Waals surface area contributed by atoms with E-state index in [1.807, 2.05) is 18.2 Å². The van der Waals surface area contributed by atoms with Crippen LogP contribution in [0.3, 0.4) is 0 Å². The number of hydrogen-bond donors (Lipinski definition) is 1. The molecule has 0 saturated heterocycles. The van der Waals surface area contributed by atoms with Gasteiger partial charge in [0.05, 0.1) is 12.3 Å². The van der Waals surface area contributed by atoms with Crippen molar-refractivity contribution in [3.63, 3.8) is 0 Å². The highest BCUT2D eigenvalue weighted by Crippen LogP contribution is 2.19. The molecule has 2 aromatic rings. The molecule has 0 spiro atoms. The van der Waals surface area contributed by atoms with E-state index in [9.17, 15) is 0 Å². The molecule has 20 heavy (non-hydrogen) atoms. The van der Waals surface area contributed by atoms with Crippen molar-refractivity contribution < 1.29 is 4.74 Å². The second kappa shape index (κ2) is 7.88. The predicted octanol–water partition coefficient (Wildman–Crippen LogP) is 4.04. The highest BCUT2D eigenvalue weighted by Gasteiger charge is 2.04. The van der Waals surface area contributed by atoms with E-state index < -0.39 is 0 Å². The fourth-order valence-electron chi connectivity index (χ4n) is 1.91. The predicted molar refractivity (Wildman–Crippen MR) is 87.3 cm³/mol. The summed E-state index contributed by atoms with van der Waals surface area (Å²) < 4.78 is 7.19. The van der Waals surface area contributed by atoms with Crippen LogP contribution < -0.4 is 5.32 Å². The first kappa shape index (κ1) is 15.6. The zero-order valence-corrected chi connectivity index (χ0v) is 14.4. The van der Waals surface area contributed by atoms with Gasteiger partial charge in [-0.3, -0.25) is 4.98 Å². The van der Waals surface area contributed by atoms with Crippen molar-refractivity contribution in [1.29, 1.82) is 0 Å². The van der Waals surface area contributed by atoms with Gasteiger partial charge in [0, 0.05) is 35.3 Å². The topological polar surface area (TPSA) is 34.1 Å². The molecule has 2 rings (SSSR count). The summed E-state index contributed by atoms with van der Waals surface area (Å²) in [6.07, 6.45) is 1.81. The molecule has 3 nitrogen and oxygen atoms in total. The van der Waals surface area contributed by atoms with Crippen LogP contribution in [0.5, 0.6) is 0 Å². The number of rotatable bonds is 6. The Kier molecular flexibility index (Phi) is 6.16. The van der Waals surface area contributed by atoms with Crippen LogP contribution in [-0.2, 0) is 24.4 Å². The average molecular weight is 400 g/mol. The molecule has 0 unspecified atom stereocenters. The van der Waals surface area contributed by atoms with E-state index in [0.717, 1.165) is 27.7 Å². The molecule has 0 atom stereocenters. The summed E-state index contributed by atoms with van der Waals surface area (Å²) in [5.41, 5.74) is 3.46. The summed E-state index contributed by atoms with van der Waals surface area (Å²) in [4.78, 5) is 4.39. The number of halogens is 2. The third-order valence-electron chi connectivity index (χ3n) is 2.91. The van der Waals surface area contributed by atoms with Gasteiger partial charge >= 0.3 is 0 Å². The van der Waals surface area contributed by atoms with Crippen molar-refractivity contribution >= 4 is 31.9 Å². The largest absolute Gasteiger partial charge is 0.380 e. The van der Waals surface area contributed by atoms with Gasteiger partial charge in [0.25, 0.3) is 0 Å². The minimum Gasteiger partial charge on any atom is -0.380 e. The summed E-state index contributed by atoms with van der Waals surface area (Å²) in [5, 5.41) is 3.41. The summed E-state index contributed by atoms with van der Waals surface area (Å²) >= 11 is 6.92. The van der Waals surface area contributed by atoms with Crippen LogP contribution in [0.25, 0.3) is 0 Å². The Bertz CT molecular complexity index is 576. The van der Waals surface area contributed by atoms with Crippen molar-refractivity contribution in [2.45, 2.75) is 19.7 Å².